The first-order chi connectivity index (χ1) is 12.0. The van der Waals surface area contributed by atoms with Gasteiger partial charge in [0.15, 0.2) is 0 Å². The van der Waals surface area contributed by atoms with Gasteiger partial charge in [0.1, 0.15) is 0 Å². The zero-order valence-electron chi connectivity index (χ0n) is 14.7. The second-order valence-corrected chi connectivity index (χ2v) is 7.88. The average Bonchev–Trinajstić information content (AvgIpc) is 2.87. The van der Waals surface area contributed by atoms with E-state index < -0.39 is 0 Å². The van der Waals surface area contributed by atoms with Gasteiger partial charge in [-0.3, -0.25) is 4.79 Å². The number of hydrogen-bond donors (Lipinski definition) is 2. The van der Waals surface area contributed by atoms with E-state index in [1.54, 1.807) is 30.7 Å². The number of hydrogen-bond acceptors (Lipinski definition) is 6. The summed E-state index contributed by atoms with van der Waals surface area (Å²) in [6.45, 7) is 3.93. The van der Waals surface area contributed by atoms with Crippen LogP contribution in [-0.2, 0) is 11.2 Å². The fourth-order valence-electron chi connectivity index (χ4n) is 3.18. The summed E-state index contributed by atoms with van der Waals surface area (Å²) >= 11 is 1.60. The van der Waals surface area contributed by atoms with Crippen LogP contribution in [0.3, 0.4) is 0 Å². The first-order valence-electron chi connectivity index (χ1n) is 8.36. The number of carbonyl (C=O) groups is 1. The molecule has 1 aliphatic carbocycles. The van der Waals surface area contributed by atoms with Crippen LogP contribution in [0.4, 0.5) is 0 Å². The van der Waals surface area contributed by atoms with Crippen LogP contribution in [0.15, 0.2) is 18.3 Å². The van der Waals surface area contributed by atoms with Crippen LogP contribution in [0.5, 0.6) is 5.88 Å². The molecule has 2 aromatic rings. The van der Waals surface area contributed by atoms with Gasteiger partial charge < -0.3 is 15.2 Å². The van der Waals surface area contributed by atoms with Gasteiger partial charge in [-0.05, 0) is 38.2 Å². The van der Waals surface area contributed by atoms with E-state index in [1.165, 1.54) is 0 Å². The number of aromatic nitrogens is 2. The molecule has 2 aromatic heterocycles. The highest BCUT2D eigenvalue weighted by Gasteiger charge is 2.36. The topological polar surface area (TPSA) is 84.3 Å². The Hall–Kier alpha value is -1.99. The van der Waals surface area contributed by atoms with Gasteiger partial charge in [-0.15, -0.1) is 11.3 Å². The molecule has 1 fully saturated rings. The summed E-state index contributed by atoms with van der Waals surface area (Å²) in [6, 6.07) is 3.55. The first-order valence-corrected chi connectivity index (χ1v) is 9.18. The third kappa shape index (κ3) is 4.16. The van der Waals surface area contributed by atoms with E-state index in [0.717, 1.165) is 21.1 Å². The van der Waals surface area contributed by atoms with E-state index >= 15 is 0 Å². The van der Waals surface area contributed by atoms with Gasteiger partial charge >= 0.3 is 0 Å². The monoisotopic (exact) mass is 361 g/mol. The molecule has 7 heteroatoms. The number of aryl methyl sites for hydroxylation is 2. The number of aliphatic hydroxyl groups excluding tert-OH is 1. The SMILES string of the molecule is COc1ccc([C@@H](NC(=O)Cc2nc(C)sc2C)C2CC(O)C2)cn1. The lowest BCUT2D eigenvalue weighted by molar-refractivity contribution is -0.122. The number of ether oxygens (including phenoxy) is 1. The summed E-state index contributed by atoms with van der Waals surface area (Å²) in [4.78, 5) is 22.3. The molecule has 6 nitrogen and oxygen atoms in total. The highest BCUT2D eigenvalue weighted by Crippen LogP contribution is 2.38. The van der Waals surface area contributed by atoms with Gasteiger partial charge in [0.2, 0.25) is 11.8 Å². The molecule has 134 valence electrons. The Morgan fingerprint density at radius 3 is 2.72 bits per heavy atom. The Balaban J connectivity index is 1.72. The van der Waals surface area contributed by atoms with Crippen LogP contribution in [0.2, 0.25) is 0 Å². The van der Waals surface area contributed by atoms with Crippen molar-refractivity contribution in [3.63, 3.8) is 0 Å². The molecule has 0 spiro atoms. The molecule has 1 aliphatic rings. The number of methoxy groups -OCH3 is 1. The van der Waals surface area contributed by atoms with Crippen molar-refractivity contribution >= 4 is 17.2 Å². The Kier molecular flexibility index (Phi) is 5.34. The number of thiazole rings is 1. The second-order valence-electron chi connectivity index (χ2n) is 6.48. The molecule has 1 atom stereocenters. The molecule has 0 bridgehead atoms. The number of rotatable bonds is 6. The predicted molar refractivity (Wildman–Crippen MR) is 95.7 cm³/mol. The minimum Gasteiger partial charge on any atom is -0.481 e. The maximum Gasteiger partial charge on any atom is 0.226 e. The first kappa shape index (κ1) is 17.8. The molecular weight excluding hydrogens is 338 g/mol. The molecule has 0 aromatic carbocycles. The summed E-state index contributed by atoms with van der Waals surface area (Å²) in [7, 11) is 1.57. The minimum absolute atomic E-state index is 0.0596. The van der Waals surface area contributed by atoms with Crippen molar-refractivity contribution in [1.82, 2.24) is 15.3 Å². The van der Waals surface area contributed by atoms with Gasteiger partial charge in [0, 0.05) is 17.1 Å². The summed E-state index contributed by atoms with van der Waals surface area (Å²) in [6.07, 6.45) is 3.09. The average molecular weight is 361 g/mol. The number of nitrogens with one attached hydrogen (secondary N) is 1. The molecule has 0 saturated heterocycles. The second kappa shape index (κ2) is 7.49. The fraction of sp³-hybridized carbons (Fsp3) is 0.500. The van der Waals surface area contributed by atoms with E-state index in [1.807, 2.05) is 19.9 Å². The van der Waals surface area contributed by atoms with Crippen LogP contribution in [-0.4, -0.2) is 34.2 Å². The normalized spacial score (nSPS) is 20.6. The van der Waals surface area contributed by atoms with Crippen LogP contribution in [0.1, 0.15) is 40.0 Å². The smallest absolute Gasteiger partial charge is 0.226 e. The Morgan fingerprint density at radius 1 is 1.44 bits per heavy atom. The third-order valence-corrected chi connectivity index (χ3v) is 5.52. The van der Waals surface area contributed by atoms with Gasteiger partial charge in [0.25, 0.3) is 0 Å². The molecule has 0 radical (unpaired) electrons. The molecule has 0 unspecified atom stereocenters. The number of nitrogens with zero attached hydrogens (tertiary/aromatic N) is 2. The van der Waals surface area contributed by atoms with Gasteiger partial charge in [-0.25, -0.2) is 9.97 Å². The quantitative estimate of drug-likeness (QED) is 0.825. The van der Waals surface area contributed by atoms with E-state index in [9.17, 15) is 9.90 Å². The lowest BCUT2D eigenvalue weighted by Crippen LogP contribution is -2.42. The zero-order valence-corrected chi connectivity index (χ0v) is 15.5. The number of carbonyl (C=O) groups excluding carboxylic acids is 1. The number of pyridine rings is 1. The Labute approximate surface area is 151 Å². The van der Waals surface area contributed by atoms with E-state index in [4.69, 9.17) is 4.74 Å². The maximum atomic E-state index is 12.6. The minimum atomic E-state index is -0.279. The molecule has 25 heavy (non-hydrogen) atoms. The van der Waals surface area contributed by atoms with Gasteiger partial charge in [0.05, 0.1) is 36.4 Å². The highest BCUT2D eigenvalue weighted by atomic mass is 32.1. The summed E-state index contributed by atoms with van der Waals surface area (Å²) in [5, 5.41) is 13.7. The largest absolute Gasteiger partial charge is 0.481 e. The van der Waals surface area contributed by atoms with Crippen molar-refractivity contribution in [3.8, 4) is 5.88 Å². The van der Waals surface area contributed by atoms with Crippen molar-refractivity contribution in [2.45, 2.75) is 45.3 Å². The van der Waals surface area contributed by atoms with E-state index in [-0.39, 0.29) is 30.4 Å². The van der Waals surface area contributed by atoms with Crippen molar-refractivity contribution in [2.24, 2.45) is 5.92 Å². The molecule has 1 saturated carbocycles. The van der Waals surface area contributed by atoms with Crippen LogP contribution >= 0.6 is 11.3 Å². The van der Waals surface area contributed by atoms with E-state index in [2.05, 4.69) is 15.3 Å². The molecule has 2 heterocycles. The van der Waals surface area contributed by atoms with Gasteiger partial charge in [-0.1, -0.05) is 6.07 Å². The zero-order chi connectivity index (χ0) is 18.0. The third-order valence-electron chi connectivity index (χ3n) is 4.59. The van der Waals surface area contributed by atoms with Crippen molar-refractivity contribution in [3.05, 3.63) is 39.5 Å². The van der Waals surface area contributed by atoms with Gasteiger partial charge in [-0.2, -0.15) is 0 Å². The predicted octanol–water partition coefficient (Wildman–Crippen LogP) is 2.33. The van der Waals surface area contributed by atoms with E-state index in [0.29, 0.717) is 18.7 Å². The van der Waals surface area contributed by atoms with Crippen LogP contribution in [0, 0.1) is 19.8 Å². The number of aliphatic hydroxyl groups is 1. The van der Waals surface area contributed by atoms with Crippen molar-refractivity contribution in [1.29, 1.82) is 0 Å². The summed E-state index contributed by atoms with van der Waals surface area (Å²) in [5.74, 6) is 0.694. The Bertz CT molecular complexity index is 739. The lowest BCUT2D eigenvalue weighted by atomic mass is 9.75. The van der Waals surface area contributed by atoms with Crippen molar-refractivity contribution < 1.29 is 14.6 Å². The van der Waals surface area contributed by atoms with Crippen LogP contribution < -0.4 is 10.1 Å². The Morgan fingerprint density at radius 2 is 2.20 bits per heavy atom. The lowest BCUT2D eigenvalue weighted by Gasteiger charge is -2.38. The van der Waals surface area contributed by atoms with Crippen LogP contribution in [0.25, 0.3) is 0 Å². The molecule has 1 amide bonds. The summed E-state index contributed by atoms with van der Waals surface area (Å²) < 4.78 is 5.10. The molecular formula is C18H23N3O3S. The fourth-order valence-corrected chi connectivity index (χ4v) is 4.02. The number of amides is 1. The molecule has 0 aliphatic heterocycles. The molecule has 3 rings (SSSR count). The highest BCUT2D eigenvalue weighted by molar-refractivity contribution is 7.11. The molecule has 2 N–H and O–H groups in total. The standard InChI is InChI=1S/C18H23N3O3S/c1-10-15(20-11(2)25-10)8-16(23)21-18(13-6-14(22)7-13)12-4-5-17(24-3)19-9-12/h4-5,9,13-14,18,22H,6-8H2,1-3H3,(H,21,23)/t13?,14?,18-/m1/s1. The maximum absolute atomic E-state index is 12.6. The summed E-state index contributed by atoms with van der Waals surface area (Å²) in [5.41, 5.74) is 1.76. The van der Waals surface area contributed by atoms with Crippen molar-refractivity contribution in [2.75, 3.05) is 7.11 Å².